The summed E-state index contributed by atoms with van der Waals surface area (Å²) in [7, 11) is 0. The molecule has 1 heterocycles. The van der Waals surface area contributed by atoms with E-state index < -0.39 is 0 Å². The van der Waals surface area contributed by atoms with Gasteiger partial charge in [0.1, 0.15) is 6.61 Å². The minimum Gasteiger partial charge on any atom is -0.490 e. The molecule has 28 heavy (non-hydrogen) atoms. The third-order valence-electron chi connectivity index (χ3n) is 4.46. The molecule has 0 amide bonds. The van der Waals surface area contributed by atoms with Crippen LogP contribution >= 0.6 is 39.1 Å². The molecule has 0 bridgehead atoms. The Kier molecular flexibility index (Phi) is 8.30. The van der Waals surface area contributed by atoms with Gasteiger partial charge in [-0.05, 0) is 71.1 Å². The molecule has 1 atom stereocenters. The molecule has 2 aromatic rings. The molecule has 1 aliphatic rings. The van der Waals surface area contributed by atoms with Crippen LogP contribution in [-0.4, -0.2) is 25.9 Å². The van der Waals surface area contributed by atoms with E-state index >= 15 is 0 Å². The summed E-state index contributed by atoms with van der Waals surface area (Å²) in [4.78, 5) is 0. The maximum Gasteiger partial charge on any atom is 0.175 e. The van der Waals surface area contributed by atoms with Crippen molar-refractivity contribution in [3.05, 3.63) is 56.0 Å². The lowest BCUT2D eigenvalue weighted by Crippen LogP contribution is -2.25. The van der Waals surface area contributed by atoms with Crippen LogP contribution in [0.1, 0.15) is 30.9 Å². The Bertz CT molecular complexity index is 797. The lowest BCUT2D eigenvalue weighted by molar-refractivity contribution is 0.110. The Morgan fingerprint density at radius 1 is 1.14 bits per heavy atom. The molecular formula is C21H24BrCl2NO3. The number of hydrogen-bond acceptors (Lipinski definition) is 4. The van der Waals surface area contributed by atoms with E-state index in [9.17, 15) is 0 Å². The first-order valence-electron chi connectivity index (χ1n) is 9.41. The first-order valence-corrected chi connectivity index (χ1v) is 11.0. The zero-order valence-corrected chi connectivity index (χ0v) is 18.9. The molecule has 0 saturated carbocycles. The van der Waals surface area contributed by atoms with E-state index in [2.05, 4.69) is 27.3 Å². The minimum absolute atomic E-state index is 0.323. The normalized spacial score (nSPS) is 16.4. The number of nitrogens with one attached hydrogen (secondary N) is 1. The van der Waals surface area contributed by atoms with Gasteiger partial charge in [-0.3, -0.25) is 0 Å². The highest BCUT2D eigenvalue weighted by atomic mass is 79.9. The third kappa shape index (κ3) is 6.01. The monoisotopic (exact) mass is 487 g/mol. The van der Waals surface area contributed by atoms with Crippen molar-refractivity contribution < 1.29 is 14.2 Å². The van der Waals surface area contributed by atoms with Crippen LogP contribution in [0.2, 0.25) is 10.0 Å². The SMILES string of the molecule is CCOc1cc(CNC[C@@H]2CCCO2)cc(Br)c1OCc1ccc(Cl)c(Cl)c1. The quantitative estimate of drug-likeness (QED) is 0.469. The summed E-state index contributed by atoms with van der Waals surface area (Å²) in [6.45, 7) is 5.35. The standard InChI is InChI=1S/C21H24BrCl2NO3/c1-2-26-20-10-15(11-25-12-16-4-3-7-27-16)8-17(22)21(20)28-13-14-5-6-18(23)19(24)9-14/h5-6,8-10,16,25H,2-4,7,11-13H2,1H3/t16-/m0/s1. The number of benzene rings is 2. The van der Waals surface area contributed by atoms with Crippen molar-refractivity contribution in [1.82, 2.24) is 5.32 Å². The molecule has 0 spiro atoms. The molecular weight excluding hydrogens is 465 g/mol. The van der Waals surface area contributed by atoms with E-state index in [-0.39, 0.29) is 0 Å². The van der Waals surface area contributed by atoms with Crippen LogP contribution in [0.5, 0.6) is 11.5 Å². The molecule has 4 nitrogen and oxygen atoms in total. The van der Waals surface area contributed by atoms with Gasteiger partial charge in [-0.25, -0.2) is 0 Å². The van der Waals surface area contributed by atoms with Crippen LogP contribution in [0.25, 0.3) is 0 Å². The highest BCUT2D eigenvalue weighted by Crippen LogP contribution is 2.37. The molecule has 152 valence electrons. The molecule has 3 rings (SSSR count). The highest BCUT2D eigenvalue weighted by molar-refractivity contribution is 9.10. The van der Waals surface area contributed by atoms with Crippen molar-refractivity contribution >= 4 is 39.1 Å². The molecule has 0 aliphatic carbocycles. The largest absolute Gasteiger partial charge is 0.490 e. The highest BCUT2D eigenvalue weighted by Gasteiger charge is 2.16. The predicted molar refractivity (Wildman–Crippen MR) is 117 cm³/mol. The summed E-state index contributed by atoms with van der Waals surface area (Å²) in [5, 5.41) is 4.50. The summed E-state index contributed by atoms with van der Waals surface area (Å²) in [5.74, 6) is 1.39. The summed E-state index contributed by atoms with van der Waals surface area (Å²) in [6.07, 6.45) is 2.60. The van der Waals surface area contributed by atoms with Gasteiger partial charge < -0.3 is 19.5 Å². The van der Waals surface area contributed by atoms with E-state index in [4.69, 9.17) is 37.4 Å². The van der Waals surface area contributed by atoms with E-state index in [1.54, 1.807) is 6.07 Å². The number of ether oxygens (including phenoxy) is 3. The molecule has 1 aliphatic heterocycles. The van der Waals surface area contributed by atoms with Gasteiger partial charge in [0.25, 0.3) is 0 Å². The number of halogens is 3. The molecule has 0 aromatic heterocycles. The van der Waals surface area contributed by atoms with Gasteiger partial charge in [0.2, 0.25) is 0 Å². The van der Waals surface area contributed by atoms with Gasteiger partial charge in [0, 0.05) is 19.7 Å². The summed E-state index contributed by atoms with van der Waals surface area (Å²) >= 11 is 15.7. The van der Waals surface area contributed by atoms with Gasteiger partial charge in [0.15, 0.2) is 11.5 Å². The van der Waals surface area contributed by atoms with Crippen molar-refractivity contribution in [2.45, 2.75) is 39.0 Å². The van der Waals surface area contributed by atoms with Gasteiger partial charge >= 0.3 is 0 Å². The van der Waals surface area contributed by atoms with Crippen molar-refractivity contribution in [2.24, 2.45) is 0 Å². The van der Waals surface area contributed by atoms with Gasteiger partial charge in [-0.15, -0.1) is 0 Å². The minimum atomic E-state index is 0.323. The maximum atomic E-state index is 6.09. The number of hydrogen-bond donors (Lipinski definition) is 1. The average Bonchev–Trinajstić information content (AvgIpc) is 3.17. The van der Waals surface area contributed by atoms with Crippen LogP contribution < -0.4 is 14.8 Å². The first-order chi connectivity index (χ1) is 13.6. The van der Waals surface area contributed by atoms with Crippen molar-refractivity contribution in [1.29, 1.82) is 0 Å². The van der Waals surface area contributed by atoms with Crippen molar-refractivity contribution in [2.75, 3.05) is 19.8 Å². The van der Waals surface area contributed by atoms with Crippen LogP contribution in [0.15, 0.2) is 34.8 Å². The second kappa shape index (κ2) is 10.7. The average molecular weight is 489 g/mol. The lowest BCUT2D eigenvalue weighted by Gasteiger charge is -2.16. The Morgan fingerprint density at radius 3 is 2.71 bits per heavy atom. The number of rotatable bonds is 9. The zero-order valence-electron chi connectivity index (χ0n) is 15.8. The van der Waals surface area contributed by atoms with E-state index in [1.165, 1.54) is 0 Å². The van der Waals surface area contributed by atoms with Gasteiger partial charge in [0.05, 0.1) is 27.2 Å². The van der Waals surface area contributed by atoms with Gasteiger partial charge in [-0.1, -0.05) is 29.3 Å². The Balaban J connectivity index is 1.66. The fourth-order valence-corrected chi connectivity index (χ4v) is 4.02. The van der Waals surface area contributed by atoms with E-state index in [1.807, 2.05) is 25.1 Å². The van der Waals surface area contributed by atoms with Crippen LogP contribution in [0.4, 0.5) is 0 Å². The molecule has 1 saturated heterocycles. The van der Waals surface area contributed by atoms with Gasteiger partial charge in [-0.2, -0.15) is 0 Å². The predicted octanol–water partition coefficient (Wildman–Crippen LogP) is 6.00. The summed E-state index contributed by atoms with van der Waals surface area (Å²) < 4.78 is 18.3. The molecule has 1 fully saturated rings. The van der Waals surface area contributed by atoms with E-state index in [0.29, 0.717) is 40.9 Å². The Labute approximate surface area is 184 Å². The summed E-state index contributed by atoms with van der Waals surface area (Å²) in [6, 6.07) is 9.54. The Hall–Kier alpha value is -0.980. The molecule has 0 radical (unpaired) electrons. The van der Waals surface area contributed by atoms with Crippen LogP contribution in [-0.2, 0) is 17.9 Å². The zero-order chi connectivity index (χ0) is 19.9. The molecule has 1 N–H and O–H groups in total. The third-order valence-corrected chi connectivity index (χ3v) is 5.79. The van der Waals surface area contributed by atoms with Crippen molar-refractivity contribution in [3.8, 4) is 11.5 Å². The Morgan fingerprint density at radius 2 is 2.00 bits per heavy atom. The summed E-state index contributed by atoms with van der Waals surface area (Å²) in [5.41, 5.74) is 2.06. The lowest BCUT2D eigenvalue weighted by atomic mass is 10.2. The first kappa shape index (κ1) is 21.7. The fraction of sp³-hybridized carbons (Fsp3) is 0.429. The van der Waals surface area contributed by atoms with Crippen molar-refractivity contribution in [3.63, 3.8) is 0 Å². The molecule has 0 unspecified atom stereocenters. The molecule has 7 heteroatoms. The van der Waals surface area contributed by atoms with E-state index in [0.717, 1.165) is 48.1 Å². The smallest absolute Gasteiger partial charge is 0.175 e. The second-order valence-electron chi connectivity index (χ2n) is 6.64. The van der Waals surface area contributed by atoms with Crippen LogP contribution in [0.3, 0.4) is 0 Å². The topological polar surface area (TPSA) is 39.7 Å². The second-order valence-corrected chi connectivity index (χ2v) is 8.31. The molecule has 2 aromatic carbocycles. The fourth-order valence-electron chi connectivity index (χ4n) is 3.09. The maximum absolute atomic E-state index is 6.09. The van der Waals surface area contributed by atoms with Crippen LogP contribution in [0, 0.1) is 0 Å².